The van der Waals surface area contributed by atoms with Crippen molar-refractivity contribution < 1.29 is 32.2 Å². The van der Waals surface area contributed by atoms with Crippen LogP contribution < -0.4 is 14.8 Å². The Morgan fingerprint density at radius 1 is 0.967 bits per heavy atom. The number of carbonyl (C=O) groups excluding carboxylic acids is 1. The van der Waals surface area contributed by atoms with Crippen LogP contribution in [0, 0.1) is 0 Å². The lowest BCUT2D eigenvalue weighted by atomic mass is 10.1. The topological polar surface area (TPSA) is 56.8 Å². The van der Waals surface area contributed by atoms with Crippen molar-refractivity contribution in [2.45, 2.75) is 39.1 Å². The summed E-state index contributed by atoms with van der Waals surface area (Å²) in [5.74, 6) is 0.452. The van der Waals surface area contributed by atoms with Gasteiger partial charge >= 0.3 is 6.18 Å². The van der Waals surface area contributed by atoms with Crippen molar-refractivity contribution in [3.8, 4) is 11.5 Å². The molecule has 2 unspecified atom stereocenters. The number of ether oxygens (including phenoxy) is 3. The van der Waals surface area contributed by atoms with Gasteiger partial charge in [0.05, 0.1) is 19.3 Å². The molecule has 0 aliphatic carbocycles. The normalized spacial score (nSPS) is 13.4. The van der Waals surface area contributed by atoms with E-state index in [2.05, 4.69) is 5.32 Å². The number of hydrogen-bond acceptors (Lipinski definition) is 4. The lowest BCUT2D eigenvalue weighted by Gasteiger charge is -2.22. The molecular weight excluding hydrogens is 399 g/mol. The van der Waals surface area contributed by atoms with Crippen LogP contribution in [0.1, 0.15) is 44.0 Å². The smallest absolute Gasteiger partial charge is 0.411 e. The molecule has 0 saturated heterocycles. The molecule has 0 bridgehead atoms. The molecule has 0 aliphatic heterocycles. The highest BCUT2D eigenvalue weighted by Crippen LogP contribution is 2.31. The first kappa shape index (κ1) is 23.5. The fourth-order valence-corrected chi connectivity index (χ4v) is 2.84. The van der Waals surface area contributed by atoms with Crippen LogP contribution in [-0.4, -0.2) is 31.9 Å². The number of rotatable bonds is 10. The highest BCUT2D eigenvalue weighted by molar-refractivity contribution is 5.82. The van der Waals surface area contributed by atoms with E-state index in [0.717, 1.165) is 5.56 Å². The number of hydrogen-bond donors (Lipinski definition) is 1. The molecule has 0 aromatic heterocycles. The van der Waals surface area contributed by atoms with Gasteiger partial charge in [-0.2, -0.15) is 13.2 Å². The zero-order valence-corrected chi connectivity index (χ0v) is 17.2. The predicted octanol–water partition coefficient (Wildman–Crippen LogP) is 4.98. The molecule has 2 rings (SSSR count). The minimum Gasteiger partial charge on any atom is -0.490 e. The Hall–Kier alpha value is -2.74. The van der Waals surface area contributed by atoms with E-state index >= 15 is 0 Å². The first-order chi connectivity index (χ1) is 14.2. The standard InChI is InChI=1S/C22H26F3NO4/c1-4-28-18-12-11-17(13-19(18)29-5-2)15(3)26-21(27)20(30-14-22(23,24)25)16-9-7-6-8-10-16/h6-13,15,20H,4-5,14H2,1-3H3,(H,26,27). The molecule has 0 aliphatic rings. The Labute approximate surface area is 174 Å². The lowest BCUT2D eigenvalue weighted by Crippen LogP contribution is -2.34. The highest BCUT2D eigenvalue weighted by atomic mass is 19.4. The molecule has 0 spiro atoms. The van der Waals surface area contributed by atoms with Gasteiger partial charge in [-0.3, -0.25) is 4.79 Å². The maximum absolute atomic E-state index is 12.8. The second-order valence-electron chi connectivity index (χ2n) is 6.52. The molecule has 0 saturated carbocycles. The third kappa shape index (κ3) is 6.95. The maximum Gasteiger partial charge on any atom is 0.411 e. The van der Waals surface area contributed by atoms with Gasteiger partial charge in [-0.25, -0.2) is 0 Å². The van der Waals surface area contributed by atoms with Gasteiger partial charge < -0.3 is 19.5 Å². The molecule has 0 radical (unpaired) electrons. The summed E-state index contributed by atoms with van der Waals surface area (Å²) in [5.41, 5.74) is 1.06. The number of halogens is 3. The zero-order valence-electron chi connectivity index (χ0n) is 17.2. The third-order valence-electron chi connectivity index (χ3n) is 4.18. The number of amides is 1. The summed E-state index contributed by atoms with van der Waals surface area (Å²) in [4.78, 5) is 12.8. The second kappa shape index (κ2) is 10.9. The van der Waals surface area contributed by atoms with Gasteiger partial charge in [0.25, 0.3) is 5.91 Å². The molecule has 2 aromatic carbocycles. The lowest BCUT2D eigenvalue weighted by molar-refractivity contribution is -0.188. The summed E-state index contributed by atoms with van der Waals surface area (Å²) in [5, 5.41) is 2.72. The first-order valence-electron chi connectivity index (χ1n) is 9.68. The van der Waals surface area contributed by atoms with Gasteiger partial charge in [-0.05, 0) is 44.0 Å². The van der Waals surface area contributed by atoms with Crippen molar-refractivity contribution in [3.05, 3.63) is 59.7 Å². The van der Waals surface area contributed by atoms with E-state index in [1.165, 1.54) is 0 Å². The Morgan fingerprint density at radius 2 is 1.60 bits per heavy atom. The molecule has 8 heteroatoms. The quantitative estimate of drug-likeness (QED) is 0.583. The van der Waals surface area contributed by atoms with Crippen LogP contribution in [0.4, 0.5) is 13.2 Å². The highest BCUT2D eigenvalue weighted by Gasteiger charge is 2.32. The van der Waals surface area contributed by atoms with E-state index in [1.54, 1.807) is 55.5 Å². The van der Waals surface area contributed by atoms with E-state index in [0.29, 0.717) is 30.3 Å². The van der Waals surface area contributed by atoms with Gasteiger partial charge in [0.2, 0.25) is 0 Å². The molecule has 5 nitrogen and oxygen atoms in total. The monoisotopic (exact) mass is 425 g/mol. The van der Waals surface area contributed by atoms with Crippen molar-refractivity contribution in [1.29, 1.82) is 0 Å². The van der Waals surface area contributed by atoms with Crippen molar-refractivity contribution in [2.75, 3.05) is 19.8 Å². The number of alkyl halides is 3. The molecular formula is C22H26F3NO4. The van der Waals surface area contributed by atoms with Gasteiger partial charge in [0.15, 0.2) is 17.6 Å². The van der Waals surface area contributed by atoms with E-state index < -0.39 is 30.8 Å². The van der Waals surface area contributed by atoms with Crippen LogP contribution in [0.5, 0.6) is 11.5 Å². The van der Waals surface area contributed by atoms with Crippen LogP contribution in [-0.2, 0) is 9.53 Å². The Morgan fingerprint density at radius 3 is 2.20 bits per heavy atom. The van der Waals surface area contributed by atoms with Crippen molar-refractivity contribution >= 4 is 5.91 Å². The zero-order chi connectivity index (χ0) is 22.1. The maximum atomic E-state index is 12.8. The number of nitrogens with one attached hydrogen (secondary N) is 1. The molecule has 0 heterocycles. The number of carbonyl (C=O) groups is 1. The van der Waals surface area contributed by atoms with E-state index in [4.69, 9.17) is 14.2 Å². The van der Waals surface area contributed by atoms with Crippen LogP contribution in [0.25, 0.3) is 0 Å². The van der Waals surface area contributed by atoms with Gasteiger partial charge in [0, 0.05) is 0 Å². The summed E-state index contributed by atoms with van der Waals surface area (Å²) < 4.78 is 54.0. The Kier molecular flexibility index (Phi) is 8.53. The summed E-state index contributed by atoms with van der Waals surface area (Å²) in [7, 11) is 0. The van der Waals surface area contributed by atoms with E-state index in [-0.39, 0.29) is 0 Å². The molecule has 164 valence electrons. The second-order valence-corrected chi connectivity index (χ2v) is 6.52. The fraction of sp³-hybridized carbons (Fsp3) is 0.409. The molecule has 30 heavy (non-hydrogen) atoms. The van der Waals surface area contributed by atoms with Crippen LogP contribution >= 0.6 is 0 Å². The molecule has 1 amide bonds. The summed E-state index contributed by atoms with van der Waals surface area (Å²) in [6.07, 6.45) is -5.93. The van der Waals surface area contributed by atoms with E-state index in [9.17, 15) is 18.0 Å². The number of benzene rings is 2. The Bertz CT molecular complexity index is 812. The summed E-state index contributed by atoms with van der Waals surface area (Å²) in [6, 6.07) is 12.8. The summed E-state index contributed by atoms with van der Waals surface area (Å²) in [6.45, 7) is 4.82. The molecule has 1 N–H and O–H groups in total. The summed E-state index contributed by atoms with van der Waals surface area (Å²) >= 11 is 0. The minimum absolute atomic E-state index is 0.341. The van der Waals surface area contributed by atoms with Crippen molar-refractivity contribution in [3.63, 3.8) is 0 Å². The average molecular weight is 425 g/mol. The average Bonchev–Trinajstić information content (AvgIpc) is 2.69. The minimum atomic E-state index is -4.54. The molecule has 2 aromatic rings. The van der Waals surface area contributed by atoms with Crippen LogP contribution in [0.3, 0.4) is 0 Å². The van der Waals surface area contributed by atoms with Crippen molar-refractivity contribution in [2.24, 2.45) is 0 Å². The largest absolute Gasteiger partial charge is 0.490 e. The molecule has 0 fully saturated rings. The fourth-order valence-electron chi connectivity index (χ4n) is 2.84. The third-order valence-corrected chi connectivity index (χ3v) is 4.18. The van der Waals surface area contributed by atoms with Gasteiger partial charge in [-0.15, -0.1) is 0 Å². The van der Waals surface area contributed by atoms with Gasteiger partial charge in [0.1, 0.15) is 6.61 Å². The van der Waals surface area contributed by atoms with Crippen LogP contribution in [0.15, 0.2) is 48.5 Å². The van der Waals surface area contributed by atoms with Gasteiger partial charge in [-0.1, -0.05) is 36.4 Å². The first-order valence-corrected chi connectivity index (χ1v) is 9.68. The Balaban J connectivity index is 2.18. The van der Waals surface area contributed by atoms with E-state index in [1.807, 2.05) is 13.8 Å². The van der Waals surface area contributed by atoms with Crippen molar-refractivity contribution in [1.82, 2.24) is 5.32 Å². The molecule has 2 atom stereocenters. The van der Waals surface area contributed by atoms with Crippen LogP contribution in [0.2, 0.25) is 0 Å². The SMILES string of the molecule is CCOc1ccc(C(C)NC(=O)C(OCC(F)(F)F)c2ccccc2)cc1OCC. The predicted molar refractivity (Wildman–Crippen MR) is 107 cm³/mol.